The summed E-state index contributed by atoms with van der Waals surface area (Å²) >= 11 is 0. The van der Waals surface area contributed by atoms with Crippen molar-refractivity contribution in [2.24, 2.45) is 0 Å². The molecule has 0 fully saturated rings. The summed E-state index contributed by atoms with van der Waals surface area (Å²) in [4.78, 5) is 59.4. The topological polar surface area (TPSA) is 217 Å². The molecule has 0 aliphatic carbocycles. The van der Waals surface area contributed by atoms with Crippen LogP contribution < -0.4 is 9.64 Å². The first-order valence-electron chi connectivity index (χ1n) is 21.4. The molecule has 3 heterocycles. The van der Waals surface area contributed by atoms with E-state index in [1.165, 1.54) is 23.1 Å². The third kappa shape index (κ3) is 15.6. The van der Waals surface area contributed by atoms with Crippen molar-refractivity contribution in [2.45, 2.75) is 52.7 Å². The van der Waals surface area contributed by atoms with Crippen LogP contribution in [0.5, 0.6) is 5.75 Å². The van der Waals surface area contributed by atoms with Crippen molar-refractivity contribution in [2.75, 3.05) is 84.1 Å². The Morgan fingerprint density at radius 3 is 1.68 bits per heavy atom. The second-order valence-corrected chi connectivity index (χ2v) is 16.6. The number of aromatic nitrogens is 3. The van der Waals surface area contributed by atoms with E-state index in [1.54, 1.807) is 50.0 Å². The molecular weight excluding hydrogens is 857 g/mol. The fourth-order valence-corrected chi connectivity index (χ4v) is 6.26. The Hall–Kier alpha value is -6.44. The summed E-state index contributed by atoms with van der Waals surface area (Å²) in [6.45, 7) is 14.4. The lowest BCUT2D eigenvalue weighted by Gasteiger charge is -2.27. The smallest absolute Gasteiger partial charge is 0.419 e. The van der Waals surface area contributed by atoms with E-state index in [0.717, 1.165) is 22.1 Å². The minimum atomic E-state index is -1.36. The van der Waals surface area contributed by atoms with Crippen molar-refractivity contribution in [1.82, 2.24) is 14.5 Å². The van der Waals surface area contributed by atoms with Crippen molar-refractivity contribution in [3.8, 4) is 28.1 Å². The summed E-state index contributed by atoms with van der Waals surface area (Å²) in [5.41, 5.74) is 1.79. The van der Waals surface area contributed by atoms with Gasteiger partial charge in [0.15, 0.2) is 0 Å². The Morgan fingerprint density at radius 1 is 0.591 bits per heavy atom. The van der Waals surface area contributed by atoms with Crippen molar-refractivity contribution in [3.63, 3.8) is 0 Å². The van der Waals surface area contributed by atoms with Gasteiger partial charge in [0.1, 0.15) is 29.4 Å². The third-order valence-electron chi connectivity index (χ3n) is 9.23. The second kappa shape index (κ2) is 24.2. The van der Waals surface area contributed by atoms with E-state index in [9.17, 15) is 24.3 Å². The van der Waals surface area contributed by atoms with E-state index in [1.807, 2.05) is 63.2 Å². The highest BCUT2D eigenvalue weighted by atomic mass is 16.6. The Kier molecular flexibility index (Phi) is 18.5. The normalized spacial score (nSPS) is 11.7. The Bertz CT molecular complexity index is 2370. The number of carbonyl (C=O) groups excluding carboxylic acids is 2. The molecule has 0 saturated heterocycles. The van der Waals surface area contributed by atoms with Crippen LogP contribution in [-0.4, -0.2) is 139 Å². The SMILES string of the molecule is CC(C)(C)OC(=O)N(CCOCCOCCOCCOCCOCCOc1ccc(C(=O)O)c(C(=O)O)c1)c1ccc(-c2ccc(-c3cc4ccncc4n3C(=O)OC(C)(C)C)cc2)cn1. The number of anilines is 1. The van der Waals surface area contributed by atoms with E-state index in [0.29, 0.717) is 69.9 Å². The van der Waals surface area contributed by atoms with E-state index in [-0.39, 0.29) is 43.2 Å². The van der Waals surface area contributed by atoms with Gasteiger partial charge in [0.25, 0.3) is 0 Å². The first-order chi connectivity index (χ1) is 31.5. The van der Waals surface area contributed by atoms with Gasteiger partial charge in [-0.05, 0) is 95.1 Å². The van der Waals surface area contributed by atoms with Crippen LogP contribution in [0.1, 0.15) is 62.3 Å². The number of nitrogens with zero attached hydrogens (tertiary/aromatic N) is 4. The maximum Gasteiger partial charge on any atom is 0.419 e. The van der Waals surface area contributed by atoms with Crippen LogP contribution >= 0.6 is 0 Å². The maximum atomic E-state index is 13.3. The standard InChI is InChI=1S/C48H58N4O14/c1-47(2,3)65-45(57)51(17-18-59-19-20-60-21-22-61-23-24-62-25-26-63-27-28-64-37-12-13-38(43(53)54)39(30-37)44(55)56)42-14-11-36(31-50-42)33-7-9-34(10-8-33)40-29-35-15-16-49-32-41(35)52(40)46(58)66-48(4,5)6/h7-16,29-32H,17-28H2,1-6H3,(H,53,54)(H,55,56). The molecule has 3 aromatic heterocycles. The number of rotatable bonds is 24. The van der Waals surface area contributed by atoms with Gasteiger partial charge in [-0.2, -0.15) is 0 Å². The van der Waals surface area contributed by atoms with Gasteiger partial charge in [0.2, 0.25) is 0 Å². The van der Waals surface area contributed by atoms with Gasteiger partial charge in [0, 0.05) is 23.3 Å². The zero-order valence-corrected chi connectivity index (χ0v) is 38.2. The molecule has 5 aromatic rings. The molecular formula is C48H58N4O14. The summed E-state index contributed by atoms with van der Waals surface area (Å²) in [6.07, 6.45) is 3.99. The van der Waals surface area contributed by atoms with Crippen LogP contribution in [0.15, 0.2) is 85.3 Å². The maximum absolute atomic E-state index is 13.3. The van der Waals surface area contributed by atoms with Crippen LogP contribution in [0.3, 0.4) is 0 Å². The Labute approximate surface area is 383 Å². The van der Waals surface area contributed by atoms with E-state index in [2.05, 4.69) is 9.97 Å². The van der Waals surface area contributed by atoms with Gasteiger partial charge in [-0.3, -0.25) is 9.88 Å². The lowest BCUT2D eigenvalue weighted by Crippen LogP contribution is -2.39. The number of fused-ring (bicyclic) bond motifs is 1. The molecule has 0 bridgehead atoms. The van der Waals surface area contributed by atoms with Crippen molar-refractivity contribution < 1.29 is 67.3 Å². The summed E-state index contributed by atoms with van der Waals surface area (Å²) in [5, 5.41) is 19.2. The first kappa shape index (κ1) is 50.6. The zero-order chi connectivity index (χ0) is 47.7. The molecule has 2 aromatic carbocycles. The van der Waals surface area contributed by atoms with Gasteiger partial charge < -0.3 is 48.1 Å². The van der Waals surface area contributed by atoms with Crippen molar-refractivity contribution in [1.29, 1.82) is 0 Å². The zero-order valence-electron chi connectivity index (χ0n) is 38.2. The highest BCUT2D eigenvalue weighted by molar-refractivity contribution is 6.02. The fourth-order valence-electron chi connectivity index (χ4n) is 6.26. The van der Waals surface area contributed by atoms with Crippen molar-refractivity contribution in [3.05, 3.63) is 96.4 Å². The molecule has 0 saturated carbocycles. The number of hydrogen-bond donors (Lipinski definition) is 2. The molecule has 0 spiro atoms. The van der Waals surface area contributed by atoms with Gasteiger partial charge >= 0.3 is 24.1 Å². The number of carbonyl (C=O) groups is 4. The molecule has 354 valence electrons. The minimum Gasteiger partial charge on any atom is -0.491 e. The quantitative estimate of drug-likeness (QED) is 0.0564. The van der Waals surface area contributed by atoms with Crippen LogP contribution in [0.25, 0.3) is 33.3 Å². The predicted molar refractivity (Wildman–Crippen MR) is 244 cm³/mol. The number of amides is 1. The molecule has 0 radical (unpaired) electrons. The van der Waals surface area contributed by atoms with Crippen molar-refractivity contribution >= 4 is 40.8 Å². The van der Waals surface area contributed by atoms with Crippen LogP contribution in [-0.2, 0) is 33.2 Å². The average molecular weight is 915 g/mol. The number of hydrogen-bond acceptors (Lipinski definition) is 14. The second-order valence-electron chi connectivity index (χ2n) is 16.6. The van der Waals surface area contributed by atoms with Crippen LogP contribution in [0.4, 0.5) is 15.4 Å². The third-order valence-corrected chi connectivity index (χ3v) is 9.23. The van der Waals surface area contributed by atoms with Crippen LogP contribution in [0.2, 0.25) is 0 Å². The van der Waals surface area contributed by atoms with E-state index < -0.39 is 35.3 Å². The van der Waals surface area contributed by atoms with E-state index >= 15 is 0 Å². The molecule has 1 amide bonds. The largest absolute Gasteiger partial charge is 0.491 e. The number of benzene rings is 2. The Morgan fingerprint density at radius 2 is 1.14 bits per heavy atom. The first-order valence-corrected chi connectivity index (χ1v) is 21.4. The highest BCUT2D eigenvalue weighted by Crippen LogP contribution is 2.31. The molecule has 66 heavy (non-hydrogen) atoms. The molecule has 18 heteroatoms. The lowest BCUT2D eigenvalue weighted by atomic mass is 10.0. The summed E-state index contributed by atoms with van der Waals surface area (Å²) in [5.74, 6) is -2.05. The summed E-state index contributed by atoms with van der Waals surface area (Å²) in [7, 11) is 0. The number of carboxylic acid groups (broad SMARTS) is 2. The highest BCUT2D eigenvalue weighted by Gasteiger charge is 2.26. The molecule has 18 nitrogen and oxygen atoms in total. The number of pyridine rings is 2. The lowest BCUT2D eigenvalue weighted by molar-refractivity contribution is -0.0124. The molecule has 2 N–H and O–H groups in total. The van der Waals surface area contributed by atoms with Gasteiger partial charge in [-0.1, -0.05) is 24.3 Å². The van der Waals surface area contributed by atoms with E-state index in [4.69, 9.17) is 43.0 Å². The molecule has 0 unspecified atom stereocenters. The fraction of sp³-hybridized carbons (Fsp3) is 0.417. The number of ether oxygens (including phenoxy) is 8. The number of carboxylic acids is 2. The average Bonchev–Trinajstić information content (AvgIpc) is 3.66. The molecule has 0 aliphatic rings. The predicted octanol–water partition coefficient (Wildman–Crippen LogP) is 7.85. The molecule has 5 rings (SSSR count). The summed E-state index contributed by atoms with van der Waals surface area (Å²) in [6, 6.07) is 18.9. The minimum absolute atomic E-state index is 0.144. The molecule has 0 atom stereocenters. The molecule has 0 aliphatic heterocycles. The Balaban J connectivity index is 0.984. The monoisotopic (exact) mass is 914 g/mol. The summed E-state index contributed by atoms with van der Waals surface area (Å²) < 4.78 is 46.2. The van der Waals surface area contributed by atoms with Gasteiger partial charge in [0.05, 0.1) is 101 Å². The van der Waals surface area contributed by atoms with Crippen LogP contribution in [0, 0.1) is 0 Å². The van der Waals surface area contributed by atoms with Gasteiger partial charge in [-0.15, -0.1) is 0 Å². The van der Waals surface area contributed by atoms with Gasteiger partial charge in [-0.25, -0.2) is 28.7 Å². The number of aromatic carboxylic acids is 2.